The fourth-order valence-corrected chi connectivity index (χ4v) is 1.28. The monoisotopic (exact) mass is 306 g/mol. The Morgan fingerprint density at radius 1 is 1.18 bits per heavy atom. The molecule has 0 spiro atoms. The summed E-state index contributed by atoms with van der Waals surface area (Å²) >= 11 is 0. The van der Waals surface area contributed by atoms with Crippen molar-refractivity contribution in [3.63, 3.8) is 0 Å². The molecule has 2 aromatic carbocycles. The van der Waals surface area contributed by atoms with Crippen molar-refractivity contribution < 1.29 is 47.3 Å². The molecule has 87 valence electrons. The van der Waals surface area contributed by atoms with Crippen molar-refractivity contribution in [2.75, 3.05) is 6.61 Å². The van der Waals surface area contributed by atoms with E-state index in [1.54, 1.807) is 19.1 Å². The Balaban J connectivity index is 0.000000583. The number of aliphatic hydroxyl groups is 1. The van der Waals surface area contributed by atoms with Crippen molar-refractivity contribution in [3.05, 3.63) is 42.5 Å². The first-order chi connectivity index (χ1) is 7.81. The summed E-state index contributed by atoms with van der Waals surface area (Å²) in [4.78, 5) is 9.96. The van der Waals surface area contributed by atoms with E-state index in [4.69, 9.17) is 5.11 Å². The third kappa shape index (κ3) is 5.40. The Hall–Kier alpha value is -0.766. The molecule has 17 heavy (non-hydrogen) atoms. The molecule has 2 aromatic rings. The summed E-state index contributed by atoms with van der Waals surface area (Å²) in [5.74, 6) is 0.522. The molecule has 2 rings (SSSR count). The van der Waals surface area contributed by atoms with Gasteiger partial charge >= 0.3 is 0 Å². The van der Waals surface area contributed by atoms with Crippen molar-refractivity contribution in [1.29, 1.82) is 0 Å². The predicted molar refractivity (Wildman–Crippen MR) is 63.0 cm³/mol. The van der Waals surface area contributed by atoms with Crippen molar-refractivity contribution in [2.45, 2.75) is 6.92 Å². The topological polar surface area (TPSA) is 46.5 Å². The number of hydrogen-bond donors (Lipinski definition) is 1. The first kappa shape index (κ1) is 16.2. The summed E-state index contributed by atoms with van der Waals surface area (Å²) < 4.78 is 4.61. The van der Waals surface area contributed by atoms with Crippen LogP contribution in [0.15, 0.2) is 42.5 Å². The van der Waals surface area contributed by atoms with Crippen LogP contribution < -0.4 is 4.74 Å². The van der Waals surface area contributed by atoms with Gasteiger partial charge in [0.25, 0.3) is 0 Å². The molecule has 0 aromatic heterocycles. The van der Waals surface area contributed by atoms with Crippen molar-refractivity contribution >= 4 is 17.2 Å². The third-order valence-corrected chi connectivity index (χ3v) is 1.88. The van der Waals surface area contributed by atoms with Gasteiger partial charge in [-0.05, 0) is 23.4 Å². The minimum absolute atomic E-state index is 0. The van der Waals surface area contributed by atoms with Gasteiger partial charge in [0.1, 0.15) is 0 Å². The van der Waals surface area contributed by atoms with Gasteiger partial charge in [-0.1, -0.05) is 36.4 Å². The summed E-state index contributed by atoms with van der Waals surface area (Å²) in [5.41, 5.74) is 0. The van der Waals surface area contributed by atoms with Crippen LogP contribution in [0.1, 0.15) is 6.92 Å². The van der Waals surface area contributed by atoms with Crippen LogP contribution in [0.3, 0.4) is 0 Å². The smallest absolute Gasteiger partial charge is 0.170 e. The Morgan fingerprint density at radius 3 is 2.35 bits per heavy atom. The molecule has 0 amide bonds. The molecule has 0 saturated heterocycles. The van der Waals surface area contributed by atoms with E-state index in [9.17, 15) is 4.79 Å². The van der Waals surface area contributed by atoms with E-state index in [-0.39, 0.29) is 39.3 Å². The first-order valence-electron chi connectivity index (χ1n) is 4.95. The molecule has 0 bridgehead atoms. The Labute approximate surface area is 126 Å². The van der Waals surface area contributed by atoms with Crippen LogP contribution in [0.25, 0.3) is 10.8 Å². The van der Waals surface area contributed by atoms with Gasteiger partial charge < -0.3 is 14.6 Å². The summed E-state index contributed by atoms with van der Waals surface area (Å²) in [5, 5.41) is 9.75. The predicted octanol–water partition coefficient (Wildman–Crippen LogP) is 2.28. The quantitative estimate of drug-likeness (QED) is 0.866. The fraction of sp³-hybridized carbons (Fsp3) is 0.154. The van der Waals surface area contributed by atoms with Crippen molar-refractivity contribution in [1.82, 2.24) is 0 Å². The van der Waals surface area contributed by atoms with Crippen LogP contribution in [0.4, 0.5) is 0 Å². The largest absolute Gasteiger partial charge is 0.610 e. The maximum atomic E-state index is 9.96. The number of carbonyl (C=O) groups excluding carboxylic acids is 1. The van der Waals surface area contributed by atoms with E-state index in [1.165, 1.54) is 6.47 Å². The van der Waals surface area contributed by atoms with E-state index in [1.807, 2.05) is 30.3 Å². The van der Waals surface area contributed by atoms with Crippen molar-refractivity contribution in [3.8, 4) is 5.75 Å². The second-order valence-electron chi connectivity index (χ2n) is 3.01. The zero-order valence-electron chi connectivity index (χ0n) is 9.59. The van der Waals surface area contributed by atoms with Gasteiger partial charge in [0, 0.05) is 39.3 Å². The molecular formula is C13H13O3Y-. The molecule has 0 aliphatic heterocycles. The van der Waals surface area contributed by atoms with Crippen LogP contribution in [-0.4, -0.2) is 18.2 Å². The second kappa shape index (κ2) is 9.28. The number of fused-ring (bicyclic) bond motifs is 1. The van der Waals surface area contributed by atoms with Gasteiger partial charge in [0.2, 0.25) is 0 Å². The van der Waals surface area contributed by atoms with Gasteiger partial charge in [-0.3, -0.25) is 0 Å². The van der Waals surface area contributed by atoms with Gasteiger partial charge in [-0.25, -0.2) is 0 Å². The van der Waals surface area contributed by atoms with E-state index < -0.39 is 0 Å². The van der Waals surface area contributed by atoms with E-state index >= 15 is 0 Å². The normalized spacial score (nSPS) is 8.59. The maximum absolute atomic E-state index is 9.96. The molecule has 0 fully saturated rings. The van der Waals surface area contributed by atoms with E-state index in [2.05, 4.69) is 4.74 Å². The molecule has 0 heterocycles. The van der Waals surface area contributed by atoms with Crippen LogP contribution in [0, 0.1) is 0 Å². The molecular weight excluding hydrogens is 293 g/mol. The summed E-state index contributed by atoms with van der Waals surface area (Å²) in [7, 11) is 0. The van der Waals surface area contributed by atoms with Gasteiger partial charge in [-0.15, -0.1) is 6.07 Å². The zero-order chi connectivity index (χ0) is 11.8. The molecule has 0 atom stereocenters. The Bertz CT molecular complexity index is 457. The third-order valence-electron chi connectivity index (χ3n) is 1.88. The fourth-order valence-electron chi connectivity index (χ4n) is 1.28. The number of aliphatic hydroxyl groups excluding tert-OH is 1. The molecule has 0 aliphatic rings. The molecule has 0 aliphatic carbocycles. The second-order valence-corrected chi connectivity index (χ2v) is 3.01. The maximum Gasteiger partial charge on any atom is 0.170 e. The number of ether oxygens (including phenoxy) is 1. The van der Waals surface area contributed by atoms with Crippen molar-refractivity contribution in [2.24, 2.45) is 0 Å². The van der Waals surface area contributed by atoms with E-state index in [0.29, 0.717) is 5.75 Å². The van der Waals surface area contributed by atoms with E-state index in [0.717, 1.165) is 10.8 Å². The van der Waals surface area contributed by atoms with Crippen LogP contribution in [0.5, 0.6) is 5.75 Å². The number of rotatable bonds is 2. The molecule has 1 N–H and O–H groups in total. The standard InChI is InChI=1S/C11H7O2.C2H6O.Y/c12-8-13-11-6-5-9-3-1-2-4-10(9)7-11;1-2-3;/h1-7H;3H,2H2,1H3;/q-1;;. The molecule has 0 saturated carbocycles. The molecule has 0 unspecified atom stereocenters. The minimum Gasteiger partial charge on any atom is -0.610 e. The first-order valence-corrected chi connectivity index (χ1v) is 4.95. The number of hydrogen-bond acceptors (Lipinski definition) is 3. The van der Waals surface area contributed by atoms with Crippen LogP contribution in [0.2, 0.25) is 0 Å². The number of benzene rings is 2. The van der Waals surface area contributed by atoms with Crippen LogP contribution in [-0.2, 0) is 37.5 Å². The Morgan fingerprint density at radius 2 is 1.76 bits per heavy atom. The summed E-state index contributed by atoms with van der Waals surface area (Å²) in [6.07, 6.45) is 0. The van der Waals surface area contributed by atoms with Gasteiger partial charge in [0.05, 0.1) is 0 Å². The SMILES string of the molecule is CCO.O=[C-]Oc1ccc2ccccc2c1.[Y]. The minimum atomic E-state index is 0. The zero-order valence-corrected chi connectivity index (χ0v) is 12.4. The van der Waals surface area contributed by atoms with Gasteiger partial charge in [0.15, 0.2) is 6.47 Å². The average molecular weight is 306 g/mol. The molecule has 4 heteroatoms. The molecule has 3 nitrogen and oxygen atoms in total. The Kier molecular flexibility index (Phi) is 8.86. The summed E-state index contributed by atoms with van der Waals surface area (Å²) in [6, 6.07) is 13.3. The van der Waals surface area contributed by atoms with Crippen LogP contribution >= 0.6 is 0 Å². The van der Waals surface area contributed by atoms with Gasteiger partial charge in [-0.2, -0.15) is 0 Å². The average Bonchev–Trinajstić information content (AvgIpc) is 2.30. The summed E-state index contributed by atoms with van der Waals surface area (Å²) in [6.45, 7) is 3.33. The molecule has 1 radical (unpaired) electrons.